The molecule has 2 N–H and O–H groups in total. The molecule has 0 spiro atoms. The van der Waals surface area contributed by atoms with E-state index in [0.29, 0.717) is 5.54 Å². The molecule has 0 radical (unpaired) electrons. The van der Waals surface area contributed by atoms with Crippen LogP contribution in [0.25, 0.3) is 0 Å². The van der Waals surface area contributed by atoms with Crippen molar-refractivity contribution in [3.05, 3.63) is 0 Å². The highest BCUT2D eigenvalue weighted by Crippen LogP contribution is 2.46. The third kappa shape index (κ3) is 2.03. The molecule has 1 aliphatic carbocycles. The van der Waals surface area contributed by atoms with Crippen molar-refractivity contribution >= 4 is 11.8 Å². The van der Waals surface area contributed by atoms with E-state index in [-0.39, 0.29) is 0 Å². The van der Waals surface area contributed by atoms with E-state index < -0.39 is 0 Å². The first kappa shape index (κ1) is 13.3. The minimum atomic E-state index is 0.319. The summed E-state index contributed by atoms with van der Waals surface area (Å²) in [7, 11) is 0. The summed E-state index contributed by atoms with van der Waals surface area (Å²) in [4.78, 5) is 2.87. The largest absolute Gasteiger partial charge is 0.329 e. The molecular formula is C15H28N2S. The van der Waals surface area contributed by atoms with Crippen molar-refractivity contribution in [2.45, 2.75) is 68.7 Å². The zero-order chi connectivity index (χ0) is 12.6. The van der Waals surface area contributed by atoms with E-state index in [0.717, 1.165) is 23.8 Å². The Labute approximate surface area is 116 Å². The van der Waals surface area contributed by atoms with Crippen molar-refractivity contribution in [3.63, 3.8) is 0 Å². The topological polar surface area (TPSA) is 29.3 Å². The summed E-state index contributed by atoms with van der Waals surface area (Å²) >= 11 is 2.15. The molecule has 2 heterocycles. The Hall–Kier alpha value is 0.270. The third-order valence-corrected chi connectivity index (χ3v) is 7.28. The van der Waals surface area contributed by atoms with Gasteiger partial charge >= 0.3 is 0 Å². The molecule has 0 aromatic carbocycles. The monoisotopic (exact) mass is 268 g/mol. The van der Waals surface area contributed by atoms with E-state index in [1.807, 2.05) is 0 Å². The van der Waals surface area contributed by atoms with Gasteiger partial charge in [0.2, 0.25) is 0 Å². The van der Waals surface area contributed by atoms with Crippen LogP contribution in [-0.2, 0) is 0 Å². The molecule has 0 aromatic rings. The third-order valence-electron chi connectivity index (χ3n) is 5.81. The number of rotatable bonds is 2. The Morgan fingerprint density at radius 3 is 2.83 bits per heavy atom. The van der Waals surface area contributed by atoms with Crippen LogP contribution in [0.2, 0.25) is 0 Å². The first-order chi connectivity index (χ1) is 8.78. The van der Waals surface area contributed by atoms with E-state index in [1.54, 1.807) is 0 Å². The number of likely N-dealkylation sites (tertiary alicyclic amines) is 1. The number of thioether (sulfide) groups is 1. The van der Waals surface area contributed by atoms with Crippen molar-refractivity contribution in [2.75, 3.05) is 18.8 Å². The Morgan fingerprint density at radius 2 is 2.06 bits per heavy atom. The smallest absolute Gasteiger partial charge is 0.0450 e. The van der Waals surface area contributed by atoms with Crippen molar-refractivity contribution < 1.29 is 0 Å². The molecule has 1 saturated carbocycles. The standard InChI is InChI=1S/C15H28N2S/c1-12-15(11-16,8-4-10-18-12)17-9-7-13-5-2-3-6-14(13)17/h12-14H,2-11,16H2,1H3. The minimum absolute atomic E-state index is 0.319. The zero-order valence-electron chi connectivity index (χ0n) is 11.7. The maximum Gasteiger partial charge on any atom is 0.0450 e. The van der Waals surface area contributed by atoms with Crippen molar-refractivity contribution in [1.82, 2.24) is 4.90 Å². The summed E-state index contributed by atoms with van der Waals surface area (Å²) in [6, 6.07) is 0.864. The second kappa shape index (κ2) is 5.34. The first-order valence-corrected chi connectivity index (χ1v) is 8.91. The summed E-state index contributed by atoms with van der Waals surface area (Å²) in [5.41, 5.74) is 6.59. The predicted octanol–water partition coefficient (Wildman–Crippen LogP) is 2.86. The highest BCUT2D eigenvalue weighted by atomic mass is 32.2. The fourth-order valence-electron chi connectivity index (χ4n) is 4.72. The lowest BCUT2D eigenvalue weighted by atomic mass is 9.81. The molecule has 3 heteroatoms. The quantitative estimate of drug-likeness (QED) is 0.835. The van der Waals surface area contributed by atoms with Gasteiger partial charge < -0.3 is 5.73 Å². The van der Waals surface area contributed by atoms with Crippen LogP contribution < -0.4 is 5.73 Å². The van der Waals surface area contributed by atoms with E-state index in [1.165, 1.54) is 57.2 Å². The fraction of sp³-hybridized carbons (Fsp3) is 1.00. The van der Waals surface area contributed by atoms with Crippen LogP contribution in [-0.4, -0.2) is 40.6 Å². The van der Waals surface area contributed by atoms with Gasteiger partial charge in [0.15, 0.2) is 0 Å². The molecule has 0 aromatic heterocycles. The molecule has 4 atom stereocenters. The number of fused-ring (bicyclic) bond motifs is 1. The van der Waals surface area contributed by atoms with Crippen LogP contribution >= 0.6 is 11.8 Å². The van der Waals surface area contributed by atoms with Crippen molar-refractivity contribution in [3.8, 4) is 0 Å². The van der Waals surface area contributed by atoms with Crippen molar-refractivity contribution in [2.24, 2.45) is 11.7 Å². The molecule has 0 amide bonds. The molecule has 104 valence electrons. The molecule has 3 fully saturated rings. The number of hydrogen-bond donors (Lipinski definition) is 1. The van der Waals surface area contributed by atoms with Crippen LogP contribution in [0.1, 0.15) is 51.9 Å². The maximum atomic E-state index is 6.28. The van der Waals surface area contributed by atoms with Crippen molar-refractivity contribution in [1.29, 1.82) is 0 Å². The fourth-order valence-corrected chi connectivity index (χ4v) is 6.04. The van der Waals surface area contributed by atoms with Crippen LogP contribution in [0.3, 0.4) is 0 Å². The molecular weight excluding hydrogens is 240 g/mol. The van der Waals surface area contributed by atoms with Crippen LogP contribution in [0.15, 0.2) is 0 Å². The van der Waals surface area contributed by atoms with E-state index in [9.17, 15) is 0 Å². The van der Waals surface area contributed by atoms with E-state index in [2.05, 4.69) is 23.6 Å². The van der Waals surface area contributed by atoms with Gasteiger partial charge in [-0.05, 0) is 50.3 Å². The Kier molecular flexibility index (Phi) is 3.93. The summed E-state index contributed by atoms with van der Waals surface area (Å²) in [5.74, 6) is 2.33. The molecule has 2 saturated heterocycles. The Balaban J connectivity index is 1.82. The summed E-state index contributed by atoms with van der Waals surface area (Å²) in [5, 5.41) is 0.719. The van der Waals surface area contributed by atoms with Gasteiger partial charge in [0, 0.05) is 23.4 Å². The van der Waals surface area contributed by atoms with E-state index >= 15 is 0 Å². The van der Waals surface area contributed by atoms with Gasteiger partial charge in [-0.2, -0.15) is 11.8 Å². The Bertz CT molecular complexity index is 296. The van der Waals surface area contributed by atoms with Gasteiger partial charge in [0.1, 0.15) is 0 Å². The minimum Gasteiger partial charge on any atom is -0.329 e. The van der Waals surface area contributed by atoms with Crippen LogP contribution in [0.4, 0.5) is 0 Å². The Morgan fingerprint density at radius 1 is 1.22 bits per heavy atom. The van der Waals surface area contributed by atoms with Gasteiger partial charge in [0.25, 0.3) is 0 Å². The van der Waals surface area contributed by atoms with Crippen LogP contribution in [0.5, 0.6) is 0 Å². The summed E-state index contributed by atoms with van der Waals surface area (Å²) in [6.07, 6.45) is 9.95. The molecule has 2 nitrogen and oxygen atoms in total. The summed E-state index contributed by atoms with van der Waals surface area (Å²) in [6.45, 7) is 4.61. The molecule has 3 rings (SSSR count). The van der Waals surface area contributed by atoms with Gasteiger partial charge in [-0.15, -0.1) is 0 Å². The highest BCUT2D eigenvalue weighted by Gasteiger charge is 2.49. The lowest BCUT2D eigenvalue weighted by molar-refractivity contribution is 0.0456. The molecule has 18 heavy (non-hydrogen) atoms. The zero-order valence-corrected chi connectivity index (χ0v) is 12.6. The second-order valence-electron chi connectivity index (χ2n) is 6.52. The van der Waals surface area contributed by atoms with E-state index in [4.69, 9.17) is 5.73 Å². The average molecular weight is 268 g/mol. The first-order valence-electron chi connectivity index (χ1n) is 7.86. The maximum absolute atomic E-state index is 6.28. The van der Waals surface area contributed by atoms with Gasteiger partial charge in [0.05, 0.1) is 0 Å². The average Bonchev–Trinajstić information content (AvgIpc) is 2.84. The number of hydrogen-bond acceptors (Lipinski definition) is 3. The highest BCUT2D eigenvalue weighted by molar-refractivity contribution is 8.00. The molecule has 4 unspecified atom stereocenters. The lowest BCUT2D eigenvalue weighted by Crippen LogP contribution is -2.62. The molecule has 0 bridgehead atoms. The number of nitrogens with two attached hydrogens (primary N) is 1. The lowest BCUT2D eigenvalue weighted by Gasteiger charge is -2.51. The van der Waals surface area contributed by atoms with Gasteiger partial charge in [-0.1, -0.05) is 19.8 Å². The molecule has 3 aliphatic rings. The predicted molar refractivity (Wildman–Crippen MR) is 80.0 cm³/mol. The summed E-state index contributed by atoms with van der Waals surface area (Å²) < 4.78 is 0. The molecule has 2 aliphatic heterocycles. The second-order valence-corrected chi connectivity index (χ2v) is 7.97. The SMILES string of the molecule is CC1SCCCC1(CN)N1CCC2CCCCC21. The van der Waals surface area contributed by atoms with Crippen LogP contribution in [0, 0.1) is 5.92 Å². The number of nitrogens with zero attached hydrogens (tertiary/aromatic N) is 1. The van der Waals surface area contributed by atoms with Gasteiger partial charge in [-0.25, -0.2) is 0 Å². The normalized spacial score (nSPS) is 46.0. The van der Waals surface area contributed by atoms with Gasteiger partial charge in [-0.3, -0.25) is 4.90 Å².